The lowest BCUT2D eigenvalue weighted by Gasteiger charge is -2.17. The molecule has 1 amide bonds. The van der Waals surface area contributed by atoms with Crippen molar-refractivity contribution in [3.63, 3.8) is 0 Å². The monoisotopic (exact) mass is 200 g/mol. The molecule has 0 radical (unpaired) electrons. The number of rotatable bonds is 0. The molecule has 1 fully saturated rings. The van der Waals surface area contributed by atoms with Crippen LogP contribution in [-0.4, -0.2) is 43.2 Å². The van der Waals surface area contributed by atoms with Gasteiger partial charge in [-0.25, -0.2) is 0 Å². The molecule has 3 nitrogen and oxygen atoms in total. The largest absolute Gasteiger partial charge is 0.338 e. The van der Waals surface area contributed by atoms with Crippen molar-refractivity contribution in [1.82, 2.24) is 10.2 Å². The fourth-order valence-electron chi connectivity index (χ4n) is 1.14. The fourth-order valence-corrected chi connectivity index (χ4v) is 2.06. The van der Waals surface area contributed by atoms with Crippen LogP contribution in [-0.2, 0) is 4.79 Å². The van der Waals surface area contributed by atoms with Crippen LogP contribution < -0.4 is 5.32 Å². The molecule has 0 spiro atoms. The zero-order chi connectivity index (χ0) is 9.68. The standard InChI is InChI=1S/C9H16N2OS/c1-11(2)9(12)7-13-8-3-5-10-6-4-8/h8,10H,3-6H2,1-2H3. The first-order chi connectivity index (χ1) is 6.20. The first-order valence-corrected chi connectivity index (χ1v) is 5.42. The number of piperidine rings is 1. The van der Waals surface area contributed by atoms with Crippen LogP contribution in [0, 0.1) is 5.18 Å². The Hall–Kier alpha value is -0.570. The van der Waals surface area contributed by atoms with Gasteiger partial charge in [-0.3, -0.25) is 4.79 Å². The molecule has 0 atom stereocenters. The minimum Gasteiger partial charge on any atom is -0.338 e. The van der Waals surface area contributed by atoms with Crippen molar-refractivity contribution >= 4 is 17.1 Å². The molecule has 0 saturated carbocycles. The number of hydrogen-bond donors (Lipinski definition) is 1. The van der Waals surface area contributed by atoms with Crippen molar-refractivity contribution in [2.45, 2.75) is 18.1 Å². The van der Waals surface area contributed by atoms with Gasteiger partial charge in [0.25, 0.3) is 5.91 Å². The third kappa shape index (κ3) is 3.77. The van der Waals surface area contributed by atoms with Crippen molar-refractivity contribution in [3.8, 4) is 5.18 Å². The predicted octanol–water partition coefficient (Wildman–Crippen LogP) is 0.519. The molecule has 1 saturated heterocycles. The van der Waals surface area contributed by atoms with Gasteiger partial charge in [-0.05, 0) is 25.9 Å². The quantitative estimate of drug-likeness (QED) is 0.618. The van der Waals surface area contributed by atoms with Crippen molar-refractivity contribution in [1.29, 1.82) is 0 Å². The summed E-state index contributed by atoms with van der Waals surface area (Å²) in [5.74, 6) is -0.0245. The van der Waals surface area contributed by atoms with Gasteiger partial charge in [-0.2, -0.15) is 0 Å². The molecular formula is C9H16N2OS. The number of carbonyl (C=O) groups excluding carboxylic acids is 1. The SMILES string of the molecule is CN(C)C(=O)C#SC1CCNCC1. The normalized spacial score (nSPS) is 17.7. The summed E-state index contributed by atoms with van der Waals surface area (Å²) in [6.07, 6.45) is 2.27. The Labute approximate surface area is 83.1 Å². The van der Waals surface area contributed by atoms with Crippen LogP contribution in [0.15, 0.2) is 0 Å². The lowest BCUT2D eigenvalue weighted by Crippen LogP contribution is -2.28. The summed E-state index contributed by atoms with van der Waals surface area (Å²) in [7, 11) is 3.50. The van der Waals surface area contributed by atoms with E-state index in [1.807, 2.05) is 0 Å². The van der Waals surface area contributed by atoms with E-state index in [1.165, 1.54) is 0 Å². The number of amides is 1. The van der Waals surface area contributed by atoms with Crippen molar-refractivity contribution in [2.75, 3.05) is 27.2 Å². The van der Waals surface area contributed by atoms with E-state index in [0.29, 0.717) is 5.25 Å². The first kappa shape index (κ1) is 10.5. The van der Waals surface area contributed by atoms with Crippen molar-refractivity contribution < 1.29 is 4.79 Å². The lowest BCUT2D eigenvalue weighted by atomic mass is 10.2. The number of hydrogen-bond acceptors (Lipinski definition) is 2. The number of carbonyl (C=O) groups is 1. The number of nitrogens with one attached hydrogen (secondary N) is 1. The van der Waals surface area contributed by atoms with Gasteiger partial charge in [0.05, 0.1) is 0 Å². The van der Waals surface area contributed by atoms with Gasteiger partial charge in [0.1, 0.15) is 0 Å². The Bertz CT molecular complexity index is 236. The van der Waals surface area contributed by atoms with Crippen molar-refractivity contribution in [3.05, 3.63) is 0 Å². The molecule has 13 heavy (non-hydrogen) atoms. The Morgan fingerprint density at radius 2 is 2.08 bits per heavy atom. The smallest absolute Gasteiger partial charge is 0.300 e. The zero-order valence-corrected chi connectivity index (χ0v) is 8.99. The molecule has 0 aromatic rings. The molecule has 0 aromatic heterocycles. The molecule has 0 aliphatic carbocycles. The van der Waals surface area contributed by atoms with Gasteiger partial charge in [-0.15, -0.1) is 11.2 Å². The first-order valence-electron chi connectivity index (χ1n) is 4.54. The summed E-state index contributed by atoms with van der Waals surface area (Å²) in [6.45, 7) is 2.13. The highest BCUT2D eigenvalue weighted by molar-refractivity contribution is 7.89. The molecule has 0 aromatic carbocycles. The highest BCUT2D eigenvalue weighted by Crippen LogP contribution is 2.11. The molecule has 74 valence electrons. The van der Waals surface area contributed by atoms with Crippen LogP contribution >= 0.6 is 11.2 Å². The maximum absolute atomic E-state index is 11.2. The number of nitrogens with zero attached hydrogens (tertiary/aromatic N) is 1. The van der Waals surface area contributed by atoms with Gasteiger partial charge < -0.3 is 10.2 Å². The van der Waals surface area contributed by atoms with E-state index in [9.17, 15) is 4.79 Å². The van der Waals surface area contributed by atoms with Gasteiger partial charge in [0.2, 0.25) is 0 Å². The van der Waals surface area contributed by atoms with E-state index >= 15 is 0 Å². The van der Waals surface area contributed by atoms with Gasteiger partial charge in [-0.1, -0.05) is 0 Å². The van der Waals surface area contributed by atoms with Gasteiger partial charge >= 0.3 is 0 Å². The van der Waals surface area contributed by atoms with Crippen LogP contribution in [0.1, 0.15) is 12.8 Å². The molecule has 1 aliphatic rings. The van der Waals surface area contributed by atoms with Crippen LogP contribution in [0.4, 0.5) is 0 Å². The molecule has 0 bridgehead atoms. The van der Waals surface area contributed by atoms with Crippen LogP contribution in [0.3, 0.4) is 0 Å². The topological polar surface area (TPSA) is 32.3 Å². The maximum Gasteiger partial charge on any atom is 0.300 e. The molecule has 4 heteroatoms. The zero-order valence-electron chi connectivity index (χ0n) is 8.17. The Morgan fingerprint density at radius 1 is 1.46 bits per heavy atom. The summed E-state index contributed by atoms with van der Waals surface area (Å²) < 4.78 is 0. The average Bonchev–Trinajstić information content (AvgIpc) is 2.15. The second-order valence-corrected chi connectivity index (χ2v) is 4.48. The lowest BCUT2D eigenvalue weighted by molar-refractivity contribution is -0.122. The maximum atomic E-state index is 11.2. The predicted molar refractivity (Wildman–Crippen MR) is 56.1 cm³/mol. The highest BCUT2D eigenvalue weighted by atomic mass is 32.1. The van der Waals surface area contributed by atoms with E-state index in [2.05, 4.69) is 10.5 Å². The second kappa shape index (κ2) is 5.22. The van der Waals surface area contributed by atoms with Crippen LogP contribution in [0.25, 0.3) is 0 Å². The summed E-state index contributed by atoms with van der Waals surface area (Å²) >= 11 is 1.55. The third-order valence-electron chi connectivity index (χ3n) is 2.01. The summed E-state index contributed by atoms with van der Waals surface area (Å²) in [4.78, 5) is 12.7. The Kier molecular flexibility index (Phi) is 4.22. The van der Waals surface area contributed by atoms with Gasteiger partial charge in [0.15, 0.2) is 0 Å². The summed E-state index contributed by atoms with van der Waals surface area (Å²) in [5.41, 5.74) is 0. The Balaban J connectivity index is 2.40. The van der Waals surface area contributed by atoms with Crippen molar-refractivity contribution in [2.24, 2.45) is 0 Å². The molecule has 0 unspecified atom stereocenters. The third-order valence-corrected chi connectivity index (χ3v) is 3.10. The van der Waals surface area contributed by atoms with E-state index < -0.39 is 0 Å². The van der Waals surface area contributed by atoms with E-state index in [1.54, 1.807) is 30.2 Å². The molecular weight excluding hydrogens is 184 g/mol. The highest BCUT2D eigenvalue weighted by Gasteiger charge is 2.09. The fraction of sp³-hybridized carbons (Fsp3) is 0.778. The minimum absolute atomic E-state index is 0.0245. The van der Waals surface area contributed by atoms with Gasteiger partial charge in [0, 0.05) is 24.5 Å². The summed E-state index contributed by atoms with van der Waals surface area (Å²) in [5, 5.41) is 6.69. The Morgan fingerprint density at radius 3 is 2.62 bits per heavy atom. The second-order valence-electron chi connectivity index (χ2n) is 3.37. The molecule has 1 N–H and O–H groups in total. The van der Waals surface area contributed by atoms with Crippen LogP contribution in [0.2, 0.25) is 0 Å². The van der Waals surface area contributed by atoms with E-state index in [4.69, 9.17) is 0 Å². The molecule has 1 heterocycles. The van der Waals surface area contributed by atoms with E-state index in [-0.39, 0.29) is 5.91 Å². The average molecular weight is 200 g/mol. The molecule has 1 aliphatic heterocycles. The van der Waals surface area contributed by atoms with Crippen LogP contribution in [0.5, 0.6) is 0 Å². The minimum atomic E-state index is -0.0245. The summed E-state index contributed by atoms with van der Waals surface area (Å²) in [6, 6.07) is 0. The molecule has 1 rings (SSSR count). The van der Waals surface area contributed by atoms with E-state index in [0.717, 1.165) is 25.9 Å².